The number of sulfonamides is 1. The smallest absolute Gasteiger partial charge is 0.242 e. The van der Waals surface area contributed by atoms with Crippen LogP contribution in [0.1, 0.15) is 5.56 Å². The Morgan fingerprint density at radius 3 is 2.79 bits per heavy atom. The molecule has 5 nitrogen and oxygen atoms in total. The lowest BCUT2D eigenvalue weighted by atomic mass is 10.2. The number of hydrogen-bond acceptors (Lipinski definition) is 4. The minimum Gasteiger partial charge on any atom is -0.384 e. The van der Waals surface area contributed by atoms with Gasteiger partial charge in [-0.25, -0.2) is 13.1 Å². The van der Waals surface area contributed by atoms with Gasteiger partial charge < -0.3 is 9.84 Å². The number of aliphatic hydroxyl groups excluding tert-OH is 1. The highest BCUT2D eigenvalue weighted by Crippen LogP contribution is 2.22. The third-order valence-electron chi connectivity index (χ3n) is 2.13. The molecule has 0 saturated heterocycles. The van der Waals surface area contributed by atoms with Crippen molar-refractivity contribution in [1.29, 1.82) is 0 Å². The molecule has 0 aliphatic rings. The van der Waals surface area contributed by atoms with Crippen molar-refractivity contribution in [3.8, 4) is 11.8 Å². The van der Waals surface area contributed by atoms with Crippen molar-refractivity contribution in [3.63, 3.8) is 0 Å². The van der Waals surface area contributed by atoms with E-state index in [1.807, 2.05) is 0 Å². The van der Waals surface area contributed by atoms with Gasteiger partial charge in [-0.2, -0.15) is 0 Å². The van der Waals surface area contributed by atoms with Crippen LogP contribution in [-0.4, -0.2) is 40.4 Å². The van der Waals surface area contributed by atoms with E-state index in [1.165, 1.54) is 25.3 Å². The standard InChI is InChI=1S/C12H14ClNO4S/c1-18-8-6-14-19(16,17)12-5-4-10(3-2-7-15)9-11(12)13/h4-5,9,14-15H,6-8H2,1H3. The fraction of sp³-hybridized carbons (Fsp3) is 0.333. The molecule has 1 rings (SSSR count). The van der Waals surface area contributed by atoms with E-state index in [2.05, 4.69) is 16.6 Å². The highest BCUT2D eigenvalue weighted by Gasteiger charge is 2.17. The Bertz CT molecular complexity index is 589. The van der Waals surface area contributed by atoms with Crippen LogP contribution in [0.3, 0.4) is 0 Å². The maximum Gasteiger partial charge on any atom is 0.242 e. The number of rotatable bonds is 5. The molecule has 0 radical (unpaired) electrons. The van der Waals surface area contributed by atoms with Crippen molar-refractivity contribution in [2.45, 2.75) is 4.90 Å². The van der Waals surface area contributed by atoms with Crippen LogP contribution in [0.2, 0.25) is 5.02 Å². The lowest BCUT2D eigenvalue weighted by molar-refractivity contribution is 0.204. The van der Waals surface area contributed by atoms with Gasteiger partial charge in [0.1, 0.15) is 11.5 Å². The summed E-state index contributed by atoms with van der Waals surface area (Å²) in [5.74, 6) is 5.10. The molecule has 0 aliphatic carbocycles. The minimum absolute atomic E-state index is 0.0141. The summed E-state index contributed by atoms with van der Waals surface area (Å²) in [6, 6.07) is 4.34. The molecular formula is C12H14ClNO4S. The van der Waals surface area contributed by atoms with Crippen molar-refractivity contribution >= 4 is 21.6 Å². The van der Waals surface area contributed by atoms with Crippen molar-refractivity contribution in [2.24, 2.45) is 0 Å². The zero-order valence-corrected chi connectivity index (χ0v) is 11.9. The molecule has 0 bridgehead atoms. The number of ether oxygens (including phenoxy) is 1. The summed E-state index contributed by atoms with van der Waals surface area (Å²) >= 11 is 5.92. The highest BCUT2D eigenvalue weighted by atomic mass is 35.5. The second kappa shape index (κ2) is 7.48. The summed E-state index contributed by atoms with van der Waals surface area (Å²) in [6.45, 7) is 0.175. The summed E-state index contributed by atoms with van der Waals surface area (Å²) in [5.41, 5.74) is 0.537. The van der Waals surface area contributed by atoms with Crippen LogP contribution in [0.5, 0.6) is 0 Å². The molecular weight excluding hydrogens is 290 g/mol. The van der Waals surface area contributed by atoms with Crippen LogP contribution in [0.4, 0.5) is 0 Å². The van der Waals surface area contributed by atoms with E-state index in [1.54, 1.807) is 0 Å². The number of benzene rings is 1. The van der Waals surface area contributed by atoms with Crippen LogP contribution in [-0.2, 0) is 14.8 Å². The number of methoxy groups -OCH3 is 1. The van der Waals surface area contributed by atoms with E-state index in [9.17, 15) is 8.42 Å². The van der Waals surface area contributed by atoms with Crippen LogP contribution < -0.4 is 4.72 Å². The van der Waals surface area contributed by atoms with Crippen LogP contribution in [0.25, 0.3) is 0 Å². The topological polar surface area (TPSA) is 75.6 Å². The average Bonchev–Trinajstić information content (AvgIpc) is 2.36. The first kappa shape index (κ1) is 16.0. The molecule has 0 aromatic heterocycles. The normalized spacial score (nSPS) is 10.9. The molecule has 0 unspecified atom stereocenters. The Labute approximate surface area is 117 Å². The fourth-order valence-corrected chi connectivity index (χ4v) is 2.85. The van der Waals surface area contributed by atoms with Gasteiger partial charge in [0.15, 0.2) is 0 Å². The summed E-state index contributed by atoms with van der Waals surface area (Å²) < 4.78 is 31.0. The van der Waals surface area contributed by atoms with E-state index < -0.39 is 10.0 Å². The summed E-state index contributed by atoms with van der Waals surface area (Å²) in [7, 11) is -2.18. The highest BCUT2D eigenvalue weighted by molar-refractivity contribution is 7.89. The van der Waals surface area contributed by atoms with Crippen molar-refractivity contribution in [3.05, 3.63) is 28.8 Å². The van der Waals surface area contributed by atoms with Gasteiger partial charge in [-0.3, -0.25) is 0 Å². The lowest BCUT2D eigenvalue weighted by Crippen LogP contribution is -2.27. The largest absolute Gasteiger partial charge is 0.384 e. The van der Waals surface area contributed by atoms with E-state index in [4.69, 9.17) is 21.4 Å². The number of hydrogen-bond donors (Lipinski definition) is 2. The van der Waals surface area contributed by atoms with Crippen molar-refractivity contribution in [1.82, 2.24) is 4.72 Å². The first-order chi connectivity index (χ1) is 9.01. The maximum absolute atomic E-state index is 11.9. The second-order valence-corrected chi connectivity index (χ2v) is 5.64. The Hall–Kier alpha value is -1.10. The van der Waals surface area contributed by atoms with Gasteiger partial charge in [0.25, 0.3) is 0 Å². The first-order valence-electron chi connectivity index (χ1n) is 5.39. The minimum atomic E-state index is -3.66. The Morgan fingerprint density at radius 1 is 1.47 bits per heavy atom. The third kappa shape index (κ3) is 4.82. The quantitative estimate of drug-likeness (QED) is 0.617. The summed E-state index contributed by atoms with van der Waals surface area (Å²) in [6.07, 6.45) is 0. The zero-order chi connectivity index (χ0) is 14.3. The molecule has 7 heteroatoms. The van der Waals surface area contributed by atoms with Crippen LogP contribution in [0, 0.1) is 11.8 Å². The molecule has 1 aromatic carbocycles. The molecule has 0 heterocycles. The first-order valence-corrected chi connectivity index (χ1v) is 7.25. The molecule has 0 atom stereocenters. The monoisotopic (exact) mass is 303 g/mol. The molecule has 0 spiro atoms. The molecule has 1 aromatic rings. The summed E-state index contributed by atoms with van der Waals surface area (Å²) in [4.78, 5) is -0.0141. The molecule has 2 N–H and O–H groups in total. The molecule has 0 saturated carbocycles. The number of nitrogens with one attached hydrogen (secondary N) is 1. The lowest BCUT2D eigenvalue weighted by Gasteiger charge is -2.08. The average molecular weight is 304 g/mol. The Balaban J connectivity index is 2.95. The van der Waals surface area contributed by atoms with Gasteiger partial charge in [-0.15, -0.1) is 0 Å². The second-order valence-electron chi connectivity index (χ2n) is 3.50. The van der Waals surface area contributed by atoms with Gasteiger partial charge >= 0.3 is 0 Å². The molecule has 104 valence electrons. The van der Waals surface area contributed by atoms with E-state index in [0.717, 1.165) is 0 Å². The van der Waals surface area contributed by atoms with Gasteiger partial charge in [-0.1, -0.05) is 23.4 Å². The Morgan fingerprint density at radius 2 is 2.21 bits per heavy atom. The van der Waals surface area contributed by atoms with E-state index in [0.29, 0.717) is 5.56 Å². The van der Waals surface area contributed by atoms with Crippen molar-refractivity contribution in [2.75, 3.05) is 26.9 Å². The molecule has 19 heavy (non-hydrogen) atoms. The zero-order valence-electron chi connectivity index (χ0n) is 10.3. The maximum atomic E-state index is 11.9. The molecule has 0 fully saturated rings. The number of halogens is 1. The Kier molecular flexibility index (Phi) is 6.28. The van der Waals surface area contributed by atoms with Crippen LogP contribution in [0.15, 0.2) is 23.1 Å². The number of aliphatic hydroxyl groups is 1. The van der Waals surface area contributed by atoms with Gasteiger partial charge in [0, 0.05) is 19.2 Å². The fourth-order valence-electron chi connectivity index (χ4n) is 1.29. The molecule has 0 aliphatic heterocycles. The predicted octanol–water partition coefficient (Wildman–Crippen LogP) is 0.608. The van der Waals surface area contributed by atoms with Gasteiger partial charge in [0.2, 0.25) is 10.0 Å². The molecule has 0 amide bonds. The SMILES string of the molecule is COCCNS(=O)(=O)c1ccc(C#CCO)cc1Cl. The third-order valence-corrected chi connectivity index (χ3v) is 4.08. The van der Waals surface area contributed by atoms with E-state index >= 15 is 0 Å². The van der Waals surface area contributed by atoms with Crippen molar-refractivity contribution < 1.29 is 18.3 Å². The predicted molar refractivity (Wildman–Crippen MR) is 72.5 cm³/mol. The van der Waals surface area contributed by atoms with Crippen LogP contribution >= 0.6 is 11.6 Å². The van der Waals surface area contributed by atoms with Gasteiger partial charge in [0.05, 0.1) is 11.6 Å². The van der Waals surface area contributed by atoms with E-state index in [-0.39, 0.29) is 29.7 Å². The summed E-state index contributed by atoms with van der Waals surface area (Å²) in [5, 5.41) is 8.66. The van der Waals surface area contributed by atoms with Gasteiger partial charge in [-0.05, 0) is 18.2 Å².